The lowest BCUT2D eigenvalue weighted by atomic mass is 9.94. The van der Waals surface area contributed by atoms with Gasteiger partial charge in [-0.1, -0.05) is 74.0 Å². The number of nitrogens with one attached hydrogen (secondary N) is 2. The minimum absolute atomic E-state index is 0.0351. The molecule has 0 atom stereocenters. The monoisotopic (exact) mass is 853 g/mol. The van der Waals surface area contributed by atoms with E-state index in [2.05, 4.69) is 15.2 Å². The Kier molecular flexibility index (Phi) is 12.2. The molecule has 1 aromatic heterocycles. The number of rotatable bonds is 13. The summed E-state index contributed by atoms with van der Waals surface area (Å²) in [6, 6.07) is 29.2. The fourth-order valence-corrected chi connectivity index (χ4v) is 8.74. The van der Waals surface area contributed by atoms with Gasteiger partial charge in [0.15, 0.2) is 0 Å². The van der Waals surface area contributed by atoms with Crippen molar-refractivity contribution in [3.8, 4) is 28.3 Å². The van der Waals surface area contributed by atoms with Crippen molar-refractivity contribution in [3.63, 3.8) is 0 Å². The summed E-state index contributed by atoms with van der Waals surface area (Å²) >= 11 is 6.13. The maximum absolute atomic E-state index is 16.3. The van der Waals surface area contributed by atoms with E-state index >= 15 is 4.39 Å². The van der Waals surface area contributed by atoms with Crippen LogP contribution in [0.1, 0.15) is 95.7 Å². The summed E-state index contributed by atoms with van der Waals surface area (Å²) in [4.78, 5) is 55.7. The highest BCUT2D eigenvalue weighted by Crippen LogP contribution is 2.38. The fourth-order valence-electron chi connectivity index (χ4n) is 8.62. The van der Waals surface area contributed by atoms with E-state index in [1.54, 1.807) is 78.9 Å². The van der Waals surface area contributed by atoms with Crippen LogP contribution in [0.5, 0.6) is 5.75 Å². The van der Waals surface area contributed by atoms with Crippen LogP contribution >= 0.6 is 11.6 Å². The predicted molar refractivity (Wildman–Crippen MR) is 237 cm³/mol. The average Bonchev–Trinajstić information content (AvgIpc) is 3.91. The molecule has 316 valence electrons. The first-order valence-electron chi connectivity index (χ1n) is 20.7. The van der Waals surface area contributed by atoms with Crippen molar-refractivity contribution in [2.75, 3.05) is 5.32 Å². The van der Waals surface area contributed by atoms with Gasteiger partial charge in [0.25, 0.3) is 5.91 Å². The molecular weight excluding hydrogens is 809 g/mol. The first-order valence-corrected chi connectivity index (χ1v) is 21.1. The number of halogens is 2. The summed E-state index contributed by atoms with van der Waals surface area (Å²) in [6.07, 6.45) is 9.97. The number of hydrogen-bond donors (Lipinski definition) is 4. The Bertz CT molecular complexity index is 2700. The normalized spacial score (nSPS) is 15.1. The number of nitrogens with zero attached hydrogens (tertiary/aromatic N) is 2. The van der Waals surface area contributed by atoms with Crippen LogP contribution in [0.15, 0.2) is 109 Å². The molecule has 3 amide bonds. The lowest BCUT2D eigenvalue weighted by Gasteiger charge is -2.29. The van der Waals surface area contributed by atoms with Crippen LogP contribution < -0.4 is 21.1 Å². The van der Waals surface area contributed by atoms with E-state index in [0.29, 0.717) is 57.1 Å². The number of hydrogen-bond acceptors (Lipinski definition) is 6. The van der Waals surface area contributed by atoms with Crippen LogP contribution in [-0.2, 0) is 16.2 Å². The molecule has 2 aliphatic carbocycles. The highest BCUT2D eigenvalue weighted by atomic mass is 35.5. The molecule has 0 unspecified atom stereocenters. The van der Waals surface area contributed by atoms with Gasteiger partial charge in [-0.3, -0.25) is 14.4 Å². The molecule has 6 aromatic rings. The van der Waals surface area contributed by atoms with Crippen molar-refractivity contribution >= 4 is 58.1 Å². The Hall–Kier alpha value is -6.79. The summed E-state index contributed by atoms with van der Waals surface area (Å²) < 4.78 is 24.6. The lowest BCUT2D eigenvalue weighted by molar-refractivity contribution is -0.131. The van der Waals surface area contributed by atoms with Gasteiger partial charge >= 0.3 is 5.97 Å². The first kappa shape index (κ1) is 41.9. The molecule has 13 heteroatoms. The average molecular weight is 854 g/mol. The van der Waals surface area contributed by atoms with Crippen molar-refractivity contribution in [3.05, 3.63) is 142 Å². The Balaban J connectivity index is 1.04. The molecule has 11 nitrogen and oxygen atoms in total. The zero-order chi connectivity index (χ0) is 43.4. The van der Waals surface area contributed by atoms with Gasteiger partial charge in [-0.2, -0.15) is 0 Å². The number of aromatic nitrogens is 2. The first-order chi connectivity index (χ1) is 30.0. The number of carboxylic acid groups (broad SMARTS) is 1. The zero-order valence-electron chi connectivity index (χ0n) is 33.8. The predicted octanol–water partition coefficient (Wildman–Crippen LogP) is 10.1. The summed E-state index contributed by atoms with van der Waals surface area (Å²) in [7, 11) is 0. The molecule has 0 aliphatic heterocycles. The van der Waals surface area contributed by atoms with Gasteiger partial charge in [-0.05, 0) is 121 Å². The van der Waals surface area contributed by atoms with Crippen LogP contribution in [0, 0.1) is 5.82 Å². The van der Waals surface area contributed by atoms with Crippen molar-refractivity contribution < 1.29 is 33.4 Å². The van der Waals surface area contributed by atoms with Crippen LogP contribution in [0.25, 0.3) is 39.6 Å². The van der Waals surface area contributed by atoms with E-state index in [0.717, 1.165) is 67.7 Å². The number of imidazole rings is 1. The molecule has 2 aliphatic rings. The van der Waals surface area contributed by atoms with E-state index in [1.807, 2.05) is 18.2 Å². The van der Waals surface area contributed by atoms with Crippen molar-refractivity contribution in [1.82, 2.24) is 14.9 Å². The number of carbonyl (C=O) groups is 4. The third kappa shape index (κ3) is 9.11. The van der Waals surface area contributed by atoms with E-state index in [-0.39, 0.29) is 29.9 Å². The lowest BCUT2D eigenvalue weighted by Crippen LogP contribution is -2.55. The smallest absolute Gasteiger partial charge is 0.328 e. The topological polar surface area (TPSA) is 166 Å². The third-order valence-electron chi connectivity index (χ3n) is 11.8. The van der Waals surface area contributed by atoms with Gasteiger partial charge in [-0.15, -0.1) is 0 Å². The van der Waals surface area contributed by atoms with Crippen molar-refractivity contribution in [2.45, 2.75) is 76.0 Å². The van der Waals surface area contributed by atoms with Gasteiger partial charge in [0, 0.05) is 40.0 Å². The molecule has 0 spiro atoms. The summed E-state index contributed by atoms with van der Waals surface area (Å²) in [5, 5.41) is 15.5. The molecule has 62 heavy (non-hydrogen) atoms. The molecule has 1 heterocycles. The Morgan fingerprint density at radius 1 is 0.855 bits per heavy atom. The second-order valence-corrected chi connectivity index (χ2v) is 16.4. The van der Waals surface area contributed by atoms with E-state index in [4.69, 9.17) is 32.2 Å². The number of fused-ring (bicyclic) bond motifs is 1. The summed E-state index contributed by atoms with van der Waals surface area (Å²) in [6.45, 7) is 0.0351. The number of aliphatic carboxylic acids is 1. The minimum Gasteiger partial charge on any atom is -0.489 e. The fraction of sp³-hybridized carbons (Fsp3) is 0.245. The van der Waals surface area contributed by atoms with E-state index in [9.17, 15) is 19.2 Å². The Morgan fingerprint density at radius 3 is 2.26 bits per heavy atom. The number of nitrogens with two attached hydrogens (primary N) is 1. The van der Waals surface area contributed by atoms with Gasteiger partial charge in [0.2, 0.25) is 11.8 Å². The highest BCUT2D eigenvalue weighted by molar-refractivity contribution is 6.30. The maximum atomic E-state index is 16.3. The van der Waals surface area contributed by atoms with Crippen LogP contribution in [0.3, 0.4) is 0 Å². The standard InChI is InChI=1S/C49H45ClFN5O6/c50-35-15-11-31(12-16-35)39-20-13-32(45(52)59)26-34(39)29-62-38-19-21-40(41(51)28-38)46-54-42-27-33(14-22-43(42)56(46)37-6-2-1-3-7-37)47(60)55-49(24-4-5-25-49)48(61)53-36-17-8-30(9-18-36)10-23-44(57)58/h8-23,26-28,37H,1-7,24-25,29H2,(H2,52,59)(H,53,61)(H,55,60)(H,57,58)/b23-10+. The molecule has 8 rings (SSSR count). The van der Waals surface area contributed by atoms with Crippen LogP contribution in [0.4, 0.5) is 10.1 Å². The molecule has 5 N–H and O–H groups in total. The Morgan fingerprint density at radius 2 is 1.56 bits per heavy atom. The van der Waals surface area contributed by atoms with Gasteiger partial charge < -0.3 is 30.8 Å². The molecular formula is C49H45ClFN5O6. The molecule has 5 aromatic carbocycles. The number of amides is 3. The molecule has 0 radical (unpaired) electrons. The minimum atomic E-state index is -1.13. The summed E-state index contributed by atoms with van der Waals surface area (Å²) in [5.41, 5.74) is 10.3. The molecule has 0 bridgehead atoms. The van der Waals surface area contributed by atoms with Gasteiger partial charge in [-0.25, -0.2) is 14.2 Å². The number of carbonyl (C=O) groups excluding carboxylic acids is 3. The number of benzene rings is 5. The number of anilines is 1. The Labute approximate surface area is 362 Å². The molecule has 2 saturated carbocycles. The molecule has 2 fully saturated rings. The van der Waals surface area contributed by atoms with Crippen LogP contribution in [-0.4, -0.2) is 43.9 Å². The SMILES string of the molecule is NC(=O)c1ccc(-c2ccc(Cl)cc2)c(COc2ccc(-c3nc4cc(C(=O)NC5(C(=O)Nc6ccc(/C=C/C(=O)O)cc6)CCCC5)ccc4n3C3CCCCC3)c(F)c2)c1. The second kappa shape index (κ2) is 18.1. The quantitative estimate of drug-likeness (QED) is 0.0840. The number of carboxylic acids is 1. The van der Waals surface area contributed by atoms with Gasteiger partial charge in [0.05, 0.1) is 16.6 Å². The van der Waals surface area contributed by atoms with Crippen molar-refractivity contribution in [2.24, 2.45) is 5.73 Å². The zero-order valence-corrected chi connectivity index (χ0v) is 34.6. The maximum Gasteiger partial charge on any atom is 0.328 e. The highest BCUT2D eigenvalue weighted by Gasteiger charge is 2.43. The second-order valence-electron chi connectivity index (χ2n) is 16.0. The number of primary amides is 1. The van der Waals surface area contributed by atoms with Crippen molar-refractivity contribution in [1.29, 1.82) is 0 Å². The number of ether oxygens (including phenoxy) is 1. The summed E-state index contributed by atoms with van der Waals surface area (Å²) in [5.74, 6) is -2.18. The van der Waals surface area contributed by atoms with Gasteiger partial charge in [0.1, 0.15) is 29.5 Å². The largest absolute Gasteiger partial charge is 0.489 e. The van der Waals surface area contributed by atoms with E-state index < -0.39 is 29.1 Å². The third-order valence-corrected chi connectivity index (χ3v) is 12.1. The van der Waals surface area contributed by atoms with Crippen LogP contribution in [0.2, 0.25) is 5.02 Å². The molecule has 0 saturated heterocycles. The van der Waals surface area contributed by atoms with E-state index in [1.165, 1.54) is 12.1 Å².